The van der Waals surface area contributed by atoms with Crippen molar-refractivity contribution in [2.75, 3.05) is 46.3 Å². The molecule has 10 nitrogen and oxygen atoms in total. The van der Waals surface area contributed by atoms with Crippen molar-refractivity contribution in [3.05, 3.63) is 45.6 Å². The quantitative estimate of drug-likeness (QED) is 0.284. The Morgan fingerprint density at radius 2 is 1.77 bits per heavy atom. The van der Waals surface area contributed by atoms with Crippen LogP contribution >= 0.6 is 0 Å². The van der Waals surface area contributed by atoms with Crippen LogP contribution in [0.3, 0.4) is 0 Å². The summed E-state index contributed by atoms with van der Waals surface area (Å²) in [5.74, 6) is 1.26. The molecule has 2 aromatic carbocycles. The zero-order valence-electron chi connectivity index (χ0n) is 23.1. The Labute approximate surface area is 229 Å². The van der Waals surface area contributed by atoms with Gasteiger partial charge in [0.05, 0.1) is 39.7 Å². The summed E-state index contributed by atoms with van der Waals surface area (Å²) in [7, 11) is 4.69. The number of hydrogen-bond donors (Lipinski definition) is 4. The number of amides is 2. The van der Waals surface area contributed by atoms with E-state index < -0.39 is 0 Å². The molecule has 0 aliphatic heterocycles. The molecule has 3 rings (SSSR count). The molecular weight excluding hydrogens is 502 g/mol. The number of unbranched alkanes of at least 4 members (excludes halogenated alkanes) is 2. The molecule has 0 saturated carbocycles. The normalized spacial score (nSPS) is 13.8. The number of benzene rings is 1. The molecule has 0 unspecified atom stereocenters. The Balaban J connectivity index is 1.92. The fraction of sp³-hybridized carbons (Fsp3) is 0.483. The maximum absolute atomic E-state index is 13.3. The van der Waals surface area contributed by atoms with Crippen LogP contribution in [0.1, 0.15) is 56.2 Å². The SMILES string of the molecule is COc1cc2c(c(OC)c1OC)-c1ccc(NCCCCCC(=O)NCCO)c(=O)cc1[C@@H](NC(C)=O)CC2. The van der Waals surface area contributed by atoms with Crippen LogP contribution in [0, 0.1) is 0 Å². The van der Waals surface area contributed by atoms with Crippen LogP contribution in [0.15, 0.2) is 29.1 Å². The number of anilines is 1. The Bertz CT molecular complexity index is 1230. The molecule has 2 aromatic rings. The zero-order valence-corrected chi connectivity index (χ0v) is 23.1. The first-order valence-corrected chi connectivity index (χ1v) is 13.2. The zero-order chi connectivity index (χ0) is 28.4. The molecule has 0 radical (unpaired) electrons. The first-order chi connectivity index (χ1) is 18.8. The van der Waals surface area contributed by atoms with Crippen LogP contribution in [0.25, 0.3) is 11.1 Å². The highest BCUT2D eigenvalue weighted by Gasteiger charge is 2.29. The lowest BCUT2D eigenvalue weighted by molar-refractivity contribution is -0.121. The van der Waals surface area contributed by atoms with Crippen molar-refractivity contribution in [3.8, 4) is 28.4 Å². The van der Waals surface area contributed by atoms with Crippen molar-refractivity contribution >= 4 is 17.5 Å². The number of methoxy groups -OCH3 is 3. The fourth-order valence-electron chi connectivity index (χ4n) is 4.95. The van der Waals surface area contributed by atoms with E-state index in [2.05, 4.69) is 16.0 Å². The van der Waals surface area contributed by atoms with Crippen LogP contribution < -0.4 is 35.6 Å². The largest absolute Gasteiger partial charge is 0.493 e. The van der Waals surface area contributed by atoms with Crippen molar-refractivity contribution < 1.29 is 28.9 Å². The third-order valence-electron chi connectivity index (χ3n) is 6.75. The number of carbonyl (C=O) groups excluding carboxylic acids is 2. The number of nitrogens with one attached hydrogen (secondary N) is 3. The Morgan fingerprint density at radius 1 is 1.00 bits per heavy atom. The lowest BCUT2D eigenvalue weighted by atomic mass is 9.95. The van der Waals surface area contributed by atoms with Crippen molar-refractivity contribution in [1.82, 2.24) is 10.6 Å². The molecule has 10 heteroatoms. The van der Waals surface area contributed by atoms with E-state index >= 15 is 0 Å². The lowest BCUT2D eigenvalue weighted by Gasteiger charge is -2.19. The van der Waals surface area contributed by atoms with Crippen LogP contribution in [0.5, 0.6) is 17.2 Å². The number of hydrogen-bond acceptors (Lipinski definition) is 8. The molecule has 0 aromatic heterocycles. The Hall–Kier alpha value is -3.79. The number of rotatable bonds is 13. The first-order valence-electron chi connectivity index (χ1n) is 13.2. The summed E-state index contributed by atoms with van der Waals surface area (Å²) in [6.07, 6.45) is 3.95. The van der Waals surface area contributed by atoms with E-state index in [9.17, 15) is 14.4 Å². The second kappa shape index (κ2) is 14.4. The topological polar surface area (TPSA) is 135 Å². The summed E-state index contributed by atoms with van der Waals surface area (Å²) in [5, 5.41) is 17.7. The van der Waals surface area contributed by atoms with E-state index in [0.717, 1.165) is 36.0 Å². The van der Waals surface area contributed by atoms with Crippen LogP contribution in [0.4, 0.5) is 5.69 Å². The van der Waals surface area contributed by atoms with Crippen molar-refractivity contribution in [2.45, 2.75) is 51.5 Å². The maximum atomic E-state index is 13.3. The molecule has 0 fully saturated rings. The predicted octanol–water partition coefficient (Wildman–Crippen LogP) is 2.94. The van der Waals surface area contributed by atoms with Crippen molar-refractivity contribution in [1.29, 1.82) is 0 Å². The summed E-state index contributed by atoms with van der Waals surface area (Å²) >= 11 is 0. The van der Waals surface area contributed by atoms with E-state index in [1.54, 1.807) is 33.5 Å². The van der Waals surface area contributed by atoms with Gasteiger partial charge in [-0.3, -0.25) is 14.4 Å². The molecule has 1 aliphatic carbocycles. The van der Waals surface area contributed by atoms with Gasteiger partial charge >= 0.3 is 0 Å². The molecule has 0 heterocycles. The van der Waals surface area contributed by atoms with Gasteiger partial charge in [0, 0.05) is 32.0 Å². The number of aliphatic hydroxyl groups excluding tert-OH is 1. The third kappa shape index (κ3) is 7.41. The summed E-state index contributed by atoms with van der Waals surface area (Å²) in [6.45, 7) is 2.23. The van der Waals surface area contributed by atoms with Gasteiger partial charge in [-0.25, -0.2) is 0 Å². The number of aryl methyl sites for hydroxylation is 1. The van der Waals surface area contributed by atoms with E-state index in [4.69, 9.17) is 19.3 Å². The van der Waals surface area contributed by atoms with Gasteiger partial charge in [0.15, 0.2) is 11.5 Å². The fourth-order valence-corrected chi connectivity index (χ4v) is 4.95. The minimum atomic E-state index is -0.364. The van der Waals surface area contributed by atoms with Gasteiger partial charge < -0.3 is 35.3 Å². The third-order valence-corrected chi connectivity index (χ3v) is 6.75. The number of carbonyl (C=O) groups is 2. The second-order valence-corrected chi connectivity index (χ2v) is 9.41. The number of ether oxygens (including phenoxy) is 3. The van der Waals surface area contributed by atoms with Crippen molar-refractivity contribution in [3.63, 3.8) is 0 Å². The van der Waals surface area contributed by atoms with Gasteiger partial charge in [-0.05, 0) is 60.6 Å². The van der Waals surface area contributed by atoms with E-state index in [0.29, 0.717) is 54.3 Å². The van der Waals surface area contributed by atoms with Gasteiger partial charge in [0.1, 0.15) is 0 Å². The minimum absolute atomic E-state index is 0.0726. The van der Waals surface area contributed by atoms with E-state index in [1.807, 2.05) is 12.1 Å². The lowest BCUT2D eigenvalue weighted by Crippen LogP contribution is -2.26. The second-order valence-electron chi connectivity index (χ2n) is 9.41. The maximum Gasteiger partial charge on any atom is 0.220 e. The van der Waals surface area contributed by atoms with Gasteiger partial charge in [-0.2, -0.15) is 0 Å². The summed E-state index contributed by atoms with van der Waals surface area (Å²) < 4.78 is 17.0. The predicted molar refractivity (Wildman–Crippen MR) is 150 cm³/mol. The summed E-state index contributed by atoms with van der Waals surface area (Å²) in [5.41, 5.74) is 3.53. The van der Waals surface area contributed by atoms with Gasteiger partial charge in [0.2, 0.25) is 23.0 Å². The Morgan fingerprint density at radius 3 is 2.44 bits per heavy atom. The van der Waals surface area contributed by atoms with E-state index in [1.165, 1.54) is 6.92 Å². The van der Waals surface area contributed by atoms with Crippen LogP contribution in [0.2, 0.25) is 0 Å². The Kier molecular flexibility index (Phi) is 11.0. The monoisotopic (exact) mass is 541 g/mol. The van der Waals surface area contributed by atoms with Crippen LogP contribution in [-0.2, 0) is 16.0 Å². The average molecular weight is 542 g/mol. The van der Waals surface area contributed by atoms with Gasteiger partial charge in [0.25, 0.3) is 0 Å². The highest BCUT2D eigenvalue weighted by molar-refractivity contribution is 5.83. The summed E-state index contributed by atoms with van der Waals surface area (Å²) in [6, 6.07) is 6.80. The summed E-state index contributed by atoms with van der Waals surface area (Å²) in [4.78, 5) is 37.0. The molecule has 1 aliphatic rings. The highest BCUT2D eigenvalue weighted by atomic mass is 16.5. The smallest absolute Gasteiger partial charge is 0.220 e. The molecule has 0 bridgehead atoms. The molecule has 39 heavy (non-hydrogen) atoms. The van der Waals surface area contributed by atoms with E-state index in [-0.39, 0.29) is 36.4 Å². The number of fused-ring (bicyclic) bond motifs is 3. The highest BCUT2D eigenvalue weighted by Crippen LogP contribution is 2.50. The molecule has 1 atom stereocenters. The molecule has 212 valence electrons. The number of aliphatic hydroxyl groups is 1. The van der Waals surface area contributed by atoms with Crippen molar-refractivity contribution in [2.24, 2.45) is 0 Å². The average Bonchev–Trinajstić information content (AvgIpc) is 3.16. The molecule has 0 spiro atoms. The molecule has 4 N–H and O–H groups in total. The molecular formula is C29H39N3O7. The molecule has 0 saturated heterocycles. The standard InChI is InChI=1S/C29H39N3O7/c1-18(34)32-22-11-9-19-16-25(37-2)28(38-3)29(39-4)27(19)20-10-12-23(24(35)17-21(20)22)30-13-7-5-6-8-26(36)31-14-15-33/h10,12,16-17,22,33H,5-9,11,13-15H2,1-4H3,(H,30,35)(H,31,36)(H,32,34)/t22-/m0/s1. The molecule has 2 amide bonds. The van der Waals surface area contributed by atoms with Gasteiger partial charge in [-0.1, -0.05) is 12.5 Å². The van der Waals surface area contributed by atoms with Crippen LogP contribution in [-0.4, -0.2) is 57.9 Å². The minimum Gasteiger partial charge on any atom is -0.493 e. The van der Waals surface area contributed by atoms with Gasteiger partial charge in [-0.15, -0.1) is 0 Å². The first kappa shape index (κ1) is 29.8.